The molecule has 1 aliphatic rings. The first-order chi connectivity index (χ1) is 6.31. The first-order valence-electron chi connectivity index (χ1n) is 3.93. The summed E-state index contributed by atoms with van der Waals surface area (Å²) >= 11 is 6.83. The number of rotatable bonds is 2. The Morgan fingerprint density at radius 3 is 3.08 bits per heavy atom. The summed E-state index contributed by atoms with van der Waals surface area (Å²) in [6.45, 7) is 1.50. The molecule has 2 rings (SSSR count). The molecular weight excluding hydrogens is 210 g/mol. The molecule has 0 saturated carbocycles. The Bertz CT molecular complexity index is 297. The van der Waals surface area contributed by atoms with Crippen LogP contribution in [0, 0.1) is 5.92 Å². The van der Waals surface area contributed by atoms with E-state index in [2.05, 4.69) is 9.59 Å². The number of hydrogen-bond acceptors (Lipinski definition) is 4. The fraction of sp³-hybridized carbons (Fsp3) is 0.571. The number of aromatic nitrogens is 2. The van der Waals surface area contributed by atoms with Gasteiger partial charge < -0.3 is 4.90 Å². The topological polar surface area (TPSA) is 46.1 Å². The highest BCUT2D eigenvalue weighted by Gasteiger charge is 2.31. The fourth-order valence-electron chi connectivity index (χ4n) is 1.25. The molecule has 13 heavy (non-hydrogen) atoms. The molecule has 1 saturated heterocycles. The van der Waals surface area contributed by atoms with Crippen molar-refractivity contribution in [3.8, 4) is 0 Å². The molecule has 0 bridgehead atoms. The summed E-state index contributed by atoms with van der Waals surface area (Å²) in [7, 11) is 0. The van der Waals surface area contributed by atoms with Gasteiger partial charge in [0, 0.05) is 30.3 Å². The van der Waals surface area contributed by atoms with Crippen molar-refractivity contribution in [3.63, 3.8) is 0 Å². The first kappa shape index (κ1) is 8.90. The van der Waals surface area contributed by atoms with Gasteiger partial charge in [0.1, 0.15) is 0 Å². The largest absolute Gasteiger partial charge is 0.336 e. The van der Waals surface area contributed by atoms with E-state index < -0.39 is 0 Å². The molecule has 0 N–H and O–H groups in total. The summed E-state index contributed by atoms with van der Waals surface area (Å²) in [6.07, 6.45) is 0. The first-order valence-corrected chi connectivity index (χ1v) is 5.30. The molecule has 2 heterocycles. The third kappa shape index (κ3) is 1.66. The molecule has 6 heteroatoms. The van der Waals surface area contributed by atoms with Crippen LogP contribution in [-0.4, -0.2) is 39.4 Å². The number of alkyl halides is 1. The molecule has 0 spiro atoms. The molecular formula is C7H8ClN3OS. The smallest absolute Gasteiger partial charge is 0.275 e. The van der Waals surface area contributed by atoms with Gasteiger partial charge in [0.25, 0.3) is 5.91 Å². The van der Waals surface area contributed by atoms with Crippen molar-refractivity contribution in [1.82, 2.24) is 14.5 Å². The van der Waals surface area contributed by atoms with Gasteiger partial charge in [-0.1, -0.05) is 4.49 Å². The molecule has 0 atom stereocenters. The zero-order chi connectivity index (χ0) is 9.26. The highest BCUT2D eigenvalue weighted by Crippen LogP contribution is 2.18. The van der Waals surface area contributed by atoms with Crippen molar-refractivity contribution in [1.29, 1.82) is 0 Å². The van der Waals surface area contributed by atoms with E-state index in [9.17, 15) is 4.79 Å². The van der Waals surface area contributed by atoms with E-state index in [0.717, 1.165) is 13.1 Å². The van der Waals surface area contributed by atoms with Crippen LogP contribution in [0.25, 0.3) is 0 Å². The molecule has 1 aliphatic heterocycles. The maximum Gasteiger partial charge on any atom is 0.275 e. The van der Waals surface area contributed by atoms with Crippen LogP contribution < -0.4 is 0 Å². The maximum absolute atomic E-state index is 11.5. The van der Waals surface area contributed by atoms with Crippen molar-refractivity contribution >= 4 is 29.0 Å². The lowest BCUT2D eigenvalue weighted by molar-refractivity contribution is 0.0529. The van der Waals surface area contributed by atoms with Crippen LogP contribution >= 0.6 is 23.1 Å². The van der Waals surface area contributed by atoms with E-state index >= 15 is 0 Å². The average molecular weight is 218 g/mol. The van der Waals surface area contributed by atoms with Gasteiger partial charge in [0.2, 0.25) is 0 Å². The van der Waals surface area contributed by atoms with Crippen molar-refractivity contribution < 1.29 is 4.79 Å². The molecule has 1 aromatic rings. The van der Waals surface area contributed by atoms with Crippen LogP contribution in [0.2, 0.25) is 0 Å². The van der Waals surface area contributed by atoms with Crippen LogP contribution in [0.15, 0.2) is 5.38 Å². The second kappa shape index (κ2) is 3.59. The number of carbonyl (C=O) groups is 1. The van der Waals surface area contributed by atoms with Crippen LogP contribution in [-0.2, 0) is 0 Å². The SMILES string of the molecule is O=C(c1csnn1)N1CC(CCl)C1. The van der Waals surface area contributed by atoms with Gasteiger partial charge in [0.15, 0.2) is 5.69 Å². The second-order valence-corrected chi connectivity index (χ2v) is 3.94. The van der Waals surface area contributed by atoms with E-state index in [-0.39, 0.29) is 5.91 Å². The monoisotopic (exact) mass is 217 g/mol. The molecule has 0 aliphatic carbocycles. The zero-order valence-electron chi connectivity index (χ0n) is 6.81. The minimum atomic E-state index is -0.0323. The molecule has 0 unspecified atom stereocenters. The van der Waals surface area contributed by atoms with Crippen molar-refractivity contribution in [2.24, 2.45) is 5.92 Å². The maximum atomic E-state index is 11.5. The molecule has 0 radical (unpaired) electrons. The molecule has 4 nitrogen and oxygen atoms in total. The predicted molar refractivity (Wildman–Crippen MR) is 50.0 cm³/mol. The van der Waals surface area contributed by atoms with Gasteiger partial charge in [-0.25, -0.2) is 0 Å². The minimum Gasteiger partial charge on any atom is -0.336 e. The summed E-state index contributed by atoms with van der Waals surface area (Å²) in [5.41, 5.74) is 0.443. The molecule has 1 aromatic heterocycles. The lowest BCUT2D eigenvalue weighted by Crippen LogP contribution is -2.50. The van der Waals surface area contributed by atoms with Gasteiger partial charge >= 0.3 is 0 Å². The number of likely N-dealkylation sites (tertiary alicyclic amines) is 1. The standard InChI is InChI=1S/C7H8ClN3OS/c8-1-5-2-11(3-5)7(12)6-4-13-10-9-6/h4-5H,1-3H2. The highest BCUT2D eigenvalue weighted by atomic mass is 35.5. The third-order valence-electron chi connectivity index (χ3n) is 2.04. The van der Waals surface area contributed by atoms with Gasteiger partial charge in [-0.3, -0.25) is 4.79 Å². The van der Waals surface area contributed by atoms with Crippen LogP contribution in [0.1, 0.15) is 10.5 Å². The lowest BCUT2D eigenvalue weighted by atomic mass is 10.0. The number of hydrogen-bond donors (Lipinski definition) is 0. The Morgan fingerprint density at radius 1 is 1.77 bits per heavy atom. The van der Waals surface area contributed by atoms with Gasteiger partial charge in [-0.2, -0.15) is 0 Å². The van der Waals surface area contributed by atoms with E-state index in [1.165, 1.54) is 11.5 Å². The molecule has 1 fully saturated rings. The van der Waals surface area contributed by atoms with Crippen LogP contribution in [0.3, 0.4) is 0 Å². The van der Waals surface area contributed by atoms with E-state index in [4.69, 9.17) is 11.6 Å². The van der Waals surface area contributed by atoms with Crippen LogP contribution in [0.5, 0.6) is 0 Å². The van der Waals surface area contributed by atoms with Gasteiger partial charge in [-0.05, 0) is 11.5 Å². The quantitative estimate of drug-likeness (QED) is 0.690. The van der Waals surface area contributed by atoms with E-state index in [1.54, 1.807) is 10.3 Å². The Kier molecular flexibility index (Phi) is 2.46. The summed E-state index contributed by atoms with van der Waals surface area (Å²) in [5.74, 6) is 1.05. The number of halogens is 1. The normalized spacial score (nSPS) is 17.2. The number of amides is 1. The zero-order valence-corrected chi connectivity index (χ0v) is 8.38. The number of nitrogens with zero attached hydrogens (tertiary/aromatic N) is 3. The minimum absolute atomic E-state index is 0.0323. The van der Waals surface area contributed by atoms with Crippen LogP contribution in [0.4, 0.5) is 0 Å². The van der Waals surface area contributed by atoms with Crippen molar-refractivity contribution in [2.45, 2.75) is 0 Å². The Morgan fingerprint density at radius 2 is 2.54 bits per heavy atom. The second-order valence-electron chi connectivity index (χ2n) is 3.02. The summed E-state index contributed by atoms with van der Waals surface area (Å²) in [6, 6.07) is 0. The number of carbonyl (C=O) groups excluding carboxylic acids is 1. The van der Waals surface area contributed by atoms with Gasteiger partial charge in [0.05, 0.1) is 0 Å². The molecule has 0 aromatic carbocycles. The predicted octanol–water partition coefficient (Wildman–Crippen LogP) is 0.849. The van der Waals surface area contributed by atoms with Gasteiger partial charge in [-0.15, -0.1) is 16.7 Å². The molecule has 1 amide bonds. The fourth-order valence-corrected chi connectivity index (χ4v) is 1.88. The van der Waals surface area contributed by atoms with Crippen molar-refractivity contribution in [3.05, 3.63) is 11.1 Å². The lowest BCUT2D eigenvalue weighted by Gasteiger charge is -2.37. The summed E-state index contributed by atoms with van der Waals surface area (Å²) < 4.78 is 3.64. The van der Waals surface area contributed by atoms with Crippen molar-refractivity contribution in [2.75, 3.05) is 19.0 Å². The Labute approximate surface area is 84.7 Å². The molecule has 70 valence electrons. The third-order valence-corrected chi connectivity index (χ3v) is 2.98. The summed E-state index contributed by atoms with van der Waals surface area (Å²) in [4.78, 5) is 13.3. The Balaban J connectivity index is 1.94. The van der Waals surface area contributed by atoms with E-state index in [0.29, 0.717) is 17.5 Å². The Hall–Kier alpha value is -0.680. The highest BCUT2D eigenvalue weighted by molar-refractivity contribution is 7.03. The summed E-state index contributed by atoms with van der Waals surface area (Å²) in [5, 5.41) is 5.38. The average Bonchev–Trinajstić information content (AvgIpc) is 2.53. The van der Waals surface area contributed by atoms with E-state index in [1.807, 2.05) is 0 Å².